The summed E-state index contributed by atoms with van der Waals surface area (Å²) in [4.78, 5) is 0. The highest BCUT2D eigenvalue weighted by Crippen LogP contribution is 2.45. The first kappa shape index (κ1) is 15.2. The van der Waals surface area contributed by atoms with Crippen LogP contribution in [-0.4, -0.2) is 17.9 Å². The summed E-state index contributed by atoms with van der Waals surface area (Å²) in [5.74, 6) is -0.658. The van der Waals surface area contributed by atoms with Gasteiger partial charge >= 0.3 is 6.18 Å². The topological polar surface area (TPSA) is 29.5 Å². The number of alkyl halides is 3. The van der Waals surface area contributed by atoms with Crippen LogP contribution in [0.15, 0.2) is 24.3 Å². The predicted molar refractivity (Wildman–Crippen MR) is 69.5 cm³/mol. The molecule has 0 radical (unpaired) electrons. The van der Waals surface area contributed by atoms with Gasteiger partial charge < -0.3 is 9.84 Å². The van der Waals surface area contributed by atoms with Gasteiger partial charge in [0.1, 0.15) is 5.75 Å². The quantitative estimate of drug-likeness (QED) is 0.910. The number of aliphatic hydroxyl groups is 1. The van der Waals surface area contributed by atoms with Crippen LogP contribution >= 0.6 is 0 Å². The smallest absolute Gasteiger partial charge is 0.391 e. The van der Waals surface area contributed by atoms with Crippen molar-refractivity contribution >= 4 is 0 Å². The molecule has 0 saturated heterocycles. The lowest BCUT2D eigenvalue weighted by Crippen LogP contribution is -2.36. The van der Waals surface area contributed by atoms with E-state index in [4.69, 9.17) is 4.74 Å². The molecular weight excluding hydrogens is 269 g/mol. The minimum Gasteiger partial charge on any atom is -0.494 e. The van der Waals surface area contributed by atoms with Crippen LogP contribution in [-0.2, 0) is 5.60 Å². The van der Waals surface area contributed by atoms with Gasteiger partial charge in [0.15, 0.2) is 0 Å². The van der Waals surface area contributed by atoms with Gasteiger partial charge in [0.2, 0.25) is 0 Å². The molecule has 0 aromatic heterocycles. The van der Waals surface area contributed by atoms with Crippen LogP contribution < -0.4 is 4.74 Å². The van der Waals surface area contributed by atoms with Crippen molar-refractivity contribution in [1.82, 2.24) is 0 Å². The number of benzene rings is 1. The Morgan fingerprint density at radius 1 is 1.30 bits per heavy atom. The number of rotatable bonds is 3. The maximum Gasteiger partial charge on any atom is 0.391 e. The van der Waals surface area contributed by atoms with E-state index in [1.165, 1.54) is 0 Å². The van der Waals surface area contributed by atoms with E-state index >= 15 is 0 Å². The van der Waals surface area contributed by atoms with E-state index in [2.05, 4.69) is 0 Å². The molecule has 0 aliphatic heterocycles. The lowest BCUT2D eigenvalue weighted by Gasteiger charge is -2.37. The van der Waals surface area contributed by atoms with Crippen molar-refractivity contribution in [3.05, 3.63) is 29.8 Å². The predicted octanol–water partition coefficient (Wildman–Crippen LogP) is 4.03. The third-order valence-corrected chi connectivity index (χ3v) is 3.96. The van der Waals surface area contributed by atoms with E-state index in [0.717, 1.165) is 0 Å². The van der Waals surface area contributed by atoms with Crippen molar-refractivity contribution in [3.8, 4) is 5.75 Å². The highest BCUT2D eigenvalue weighted by atomic mass is 19.4. The number of hydrogen-bond acceptors (Lipinski definition) is 2. The van der Waals surface area contributed by atoms with Crippen molar-refractivity contribution in [2.75, 3.05) is 6.61 Å². The summed E-state index contributed by atoms with van der Waals surface area (Å²) in [6.07, 6.45) is -3.95. The van der Waals surface area contributed by atoms with Crippen molar-refractivity contribution in [3.63, 3.8) is 0 Å². The summed E-state index contributed by atoms with van der Waals surface area (Å²) in [6.45, 7) is 2.37. The van der Waals surface area contributed by atoms with Gasteiger partial charge in [0.25, 0.3) is 0 Å². The summed E-state index contributed by atoms with van der Waals surface area (Å²) in [5.41, 5.74) is -0.529. The van der Waals surface area contributed by atoms with Crippen molar-refractivity contribution in [2.24, 2.45) is 5.92 Å². The molecule has 1 aromatic rings. The zero-order chi connectivity index (χ0) is 14.8. The molecule has 0 amide bonds. The van der Waals surface area contributed by atoms with Gasteiger partial charge in [-0.3, -0.25) is 0 Å². The Hall–Kier alpha value is -1.23. The SMILES string of the molecule is CCOc1cccc(C2(O)CCC(C(F)(F)F)CC2)c1. The Balaban J connectivity index is 2.11. The lowest BCUT2D eigenvalue weighted by atomic mass is 9.75. The largest absolute Gasteiger partial charge is 0.494 e. The maximum atomic E-state index is 12.7. The molecule has 2 rings (SSSR count). The van der Waals surface area contributed by atoms with Crippen LogP contribution in [0.25, 0.3) is 0 Å². The molecule has 5 heteroatoms. The molecule has 0 bridgehead atoms. The third kappa shape index (κ3) is 3.26. The highest BCUT2D eigenvalue weighted by molar-refractivity contribution is 5.32. The fourth-order valence-electron chi connectivity index (χ4n) is 2.75. The van der Waals surface area contributed by atoms with Crippen LogP contribution in [0.4, 0.5) is 13.2 Å². The first-order valence-corrected chi connectivity index (χ1v) is 6.87. The molecule has 1 aromatic carbocycles. The van der Waals surface area contributed by atoms with E-state index < -0.39 is 17.7 Å². The average Bonchev–Trinajstić information content (AvgIpc) is 2.39. The van der Waals surface area contributed by atoms with Gasteiger partial charge in [0.05, 0.1) is 18.1 Å². The Bertz CT molecular complexity index is 449. The van der Waals surface area contributed by atoms with Gasteiger partial charge in [-0.15, -0.1) is 0 Å². The zero-order valence-electron chi connectivity index (χ0n) is 11.4. The third-order valence-electron chi connectivity index (χ3n) is 3.96. The monoisotopic (exact) mass is 288 g/mol. The summed E-state index contributed by atoms with van der Waals surface area (Å²) >= 11 is 0. The van der Waals surface area contributed by atoms with Crippen LogP contribution in [0.5, 0.6) is 5.75 Å². The van der Waals surface area contributed by atoms with Gasteiger partial charge in [-0.1, -0.05) is 12.1 Å². The Labute approximate surface area is 116 Å². The summed E-state index contributed by atoms with van der Waals surface area (Å²) < 4.78 is 43.3. The molecule has 1 fully saturated rings. The van der Waals surface area contributed by atoms with Gasteiger partial charge in [-0.2, -0.15) is 13.2 Å². The second kappa shape index (κ2) is 5.64. The minimum atomic E-state index is -4.16. The van der Waals surface area contributed by atoms with Gasteiger partial charge in [-0.25, -0.2) is 0 Å². The first-order valence-electron chi connectivity index (χ1n) is 6.87. The molecule has 2 nitrogen and oxygen atoms in total. The second-order valence-corrected chi connectivity index (χ2v) is 5.31. The Morgan fingerprint density at radius 3 is 2.50 bits per heavy atom. The van der Waals surface area contributed by atoms with Crippen LogP contribution in [0.1, 0.15) is 38.2 Å². The van der Waals surface area contributed by atoms with Crippen LogP contribution in [0.2, 0.25) is 0 Å². The highest BCUT2D eigenvalue weighted by Gasteiger charge is 2.45. The minimum absolute atomic E-state index is 0.0289. The number of ether oxygens (including phenoxy) is 1. The molecule has 1 saturated carbocycles. The molecule has 0 heterocycles. The molecule has 0 unspecified atom stereocenters. The Kier molecular flexibility index (Phi) is 4.28. The molecule has 1 N–H and O–H groups in total. The average molecular weight is 288 g/mol. The van der Waals surface area contributed by atoms with Gasteiger partial charge in [-0.05, 0) is 50.3 Å². The fourth-order valence-corrected chi connectivity index (χ4v) is 2.75. The molecule has 1 aliphatic rings. The maximum absolute atomic E-state index is 12.7. The first-order chi connectivity index (χ1) is 9.35. The second-order valence-electron chi connectivity index (χ2n) is 5.31. The van der Waals surface area contributed by atoms with Crippen LogP contribution in [0, 0.1) is 5.92 Å². The molecule has 112 valence electrons. The molecule has 1 aliphatic carbocycles. The van der Waals surface area contributed by atoms with Gasteiger partial charge in [0, 0.05) is 0 Å². The van der Waals surface area contributed by atoms with Crippen molar-refractivity contribution in [1.29, 1.82) is 0 Å². The van der Waals surface area contributed by atoms with E-state index in [0.29, 0.717) is 17.9 Å². The fraction of sp³-hybridized carbons (Fsp3) is 0.600. The molecule has 0 spiro atoms. The number of hydrogen-bond donors (Lipinski definition) is 1. The zero-order valence-corrected chi connectivity index (χ0v) is 11.4. The Morgan fingerprint density at radius 2 is 1.95 bits per heavy atom. The van der Waals surface area contributed by atoms with Crippen molar-refractivity contribution in [2.45, 2.75) is 44.4 Å². The molecule has 0 atom stereocenters. The van der Waals surface area contributed by atoms with E-state index in [9.17, 15) is 18.3 Å². The van der Waals surface area contributed by atoms with Crippen LogP contribution in [0.3, 0.4) is 0 Å². The van der Waals surface area contributed by atoms with Crippen molar-refractivity contribution < 1.29 is 23.0 Å². The summed E-state index contributed by atoms with van der Waals surface area (Å²) in [7, 11) is 0. The molecule has 20 heavy (non-hydrogen) atoms. The van der Waals surface area contributed by atoms with E-state index in [1.54, 1.807) is 24.3 Å². The standard InChI is InChI=1S/C15H19F3O2/c1-2-20-13-5-3-4-12(10-13)14(19)8-6-11(7-9-14)15(16,17)18/h3-5,10-11,19H,2,6-9H2,1H3. The number of halogens is 3. The normalized spacial score (nSPS) is 27.4. The lowest BCUT2D eigenvalue weighted by molar-refractivity contribution is -0.193. The summed E-state index contributed by atoms with van der Waals surface area (Å²) in [6, 6.07) is 7.00. The van der Waals surface area contributed by atoms with E-state index in [-0.39, 0.29) is 25.7 Å². The summed E-state index contributed by atoms with van der Waals surface area (Å²) in [5, 5.41) is 10.6. The molecular formula is C15H19F3O2. The van der Waals surface area contributed by atoms with E-state index in [1.807, 2.05) is 6.92 Å².